The molecule has 0 spiro atoms. The number of thiophene rings is 1. The number of rotatable bonds is 16. The van der Waals surface area contributed by atoms with Crippen LogP contribution in [-0.2, 0) is 50.1 Å². The maximum atomic E-state index is 14.5. The van der Waals surface area contributed by atoms with Gasteiger partial charge in [-0.05, 0) is 75.4 Å². The first-order chi connectivity index (χ1) is 23.5. The molecule has 0 bridgehead atoms. The van der Waals surface area contributed by atoms with Gasteiger partial charge in [0, 0.05) is 58.5 Å². The van der Waals surface area contributed by atoms with Gasteiger partial charge in [0.25, 0.3) is 15.6 Å². The van der Waals surface area contributed by atoms with Crippen molar-refractivity contribution in [1.29, 1.82) is 0 Å². The molecule has 0 fully saturated rings. The van der Waals surface area contributed by atoms with Gasteiger partial charge in [0.15, 0.2) is 5.82 Å². The Hall–Kier alpha value is -3.88. The van der Waals surface area contributed by atoms with Crippen molar-refractivity contribution in [3.63, 3.8) is 0 Å². The Bertz CT molecular complexity index is 2100. The Kier molecular flexibility index (Phi) is 11.7. The highest BCUT2D eigenvalue weighted by Gasteiger charge is 2.34. The molecule has 0 saturated carbocycles. The lowest BCUT2D eigenvalue weighted by molar-refractivity contribution is 0.0753. The molecular weight excluding hydrogens is 665 g/mol. The molecule has 1 N–H and O–H groups in total. The van der Waals surface area contributed by atoms with Gasteiger partial charge in [0.1, 0.15) is 16.7 Å². The van der Waals surface area contributed by atoms with Crippen molar-refractivity contribution in [2.45, 2.75) is 71.6 Å². The summed E-state index contributed by atoms with van der Waals surface area (Å²) < 4.78 is 52.4. The third-order valence-electron chi connectivity index (χ3n) is 8.42. The molecule has 0 unspecified atom stereocenters. The van der Waals surface area contributed by atoms with Crippen LogP contribution < -0.4 is 9.86 Å². The number of hydrogen-bond donors (Lipinski definition) is 1. The minimum absolute atomic E-state index is 0.147. The number of sulfonamides is 1. The molecule has 0 radical (unpaired) electrons. The number of fused-ring (bicyclic) bond motifs is 1. The summed E-state index contributed by atoms with van der Waals surface area (Å²) in [6.07, 6.45) is 1.92. The first kappa shape index (κ1) is 36.4. The van der Waals surface area contributed by atoms with Gasteiger partial charge in [0.05, 0.1) is 25.3 Å². The van der Waals surface area contributed by atoms with Gasteiger partial charge >= 0.3 is 0 Å². The molecule has 1 aromatic carbocycles. The smallest absolute Gasteiger partial charge is 0.277 e. The highest BCUT2D eigenvalue weighted by molar-refractivity contribution is 7.95. The Morgan fingerprint density at radius 1 is 0.959 bits per heavy atom. The van der Waals surface area contributed by atoms with Crippen LogP contribution in [0, 0.1) is 20.8 Å². The zero-order chi connectivity index (χ0) is 35.3. The van der Waals surface area contributed by atoms with Crippen molar-refractivity contribution in [3.8, 4) is 11.1 Å². The fraction of sp³-hybridized carbons (Fsp3) is 0.417. The lowest BCUT2D eigenvalue weighted by Crippen LogP contribution is -2.34. The summed E-state index contributed by atoms with van der Waals surface area (Å²) in [7, 11) is -2.62. The third kappa shape index (κ3) is 7.81. The number of pyridine rings is 2. The summed E-state index contributed by atoms with van der Waals surface area (Å²) in [5.74, 6) is 0.687. The van der Waals surface area contributed by atoms with Crippen molar-refractivity contribution < 1.29 is 27.2 Å². The fourth-order valence-corrected chi connectivity index (χ4v) is 8.76. The fourth-order valence-electron chi connectivity index (χ4n) is 5.67. The molecule has 4 heterocycles. The summed E-state index contributed by atoms with van der Waals surface area (Å²) in [5.41, 5.74) is 6.77. The van der Waals surface area contributed by atoms with Gasteiger partial charge in [-0.2, -0.15) is 0 Å². The summed E-state index contributed by atoms with van der Waals surface area (Å²) in [6.45, 7) is 12.4. The number of H-pyrrole nitrogens is 1. The van der Waals surface area contributed by atoms with Crippen LogP contribution in [-0.4, -0.2) is 57.2 Å². The van der Waals surface area contributed by atoms with Crippen molar-refractivity contribution in [2.24, 2.45) is 0 Å². The average molecular weight is 709 g/mol. The third-order valence-corrected chi connectivity index (χ3v) is 11.7. The highest BCUT2D eigenvalue weighted by atomic mass is 32.2. The molecule has 0 atom stereocenters. The SMILES string of the molecule is CCOCc1cc(Cc2cc3c(CC)nc(CC)cc3[nH]c2=O)ccc1-c1cc(C)sc1S(=O)(=O)N(COCCOC)c1noc(C)c1C. The standard InChI is InChI=1S/C36H44N4O7S2/c1-8-28-19-33-31(32(9-2)37-28)18-26(35(41)38-33)16-25-11-12-29(27(17-25)20-45-10-3)30-15-22(4)48-36(30)49(42,43)40(21-46-14-13-44-7)34-23(5)24(6)47-39-34/h11-12,15,17-19H,8-10,13-14,16,20-21H2,1-7H3,(H,38,41). The maximum Gasteiger partial charge on any atom is 0.277 e. The number of nitrogens with zero attached hydrogens (tertiary/aromatic N) is 3. The van der Waals surface area contributed by atoms with Crippen molar-refractivity contribution in [1.82, 2.24) is 15.1 Å². The lowest BCUT2D eigenvalue weighted by Gasteiger charge is -2.23. The normalized spacial score (nSPS) is 11.9. The Labute approximate surface area is 291 Å². The van der Waals surface area contributed by atoms with Crippen LogP contribution >= 0.6 is 11.3 Å². The molecule has 4 aromatic heterocycles. The second-order valence-electron chi connectivity index (χ2n) is 11.8. The molecule has 0 aliphatic heterocycles. The number of anilines is 1. The maximum absolute atomic E-state index is 14.5. The van der Waals surface area contributed by atoms with Crippen molar-refractivity contribution in [2.75, 3.05) is 38.0 Å². The predicted molar refractivity (Wildman–Crippen MR) is 192 cm³/mol. The number of hydrogen-bond acceptors (Lipinski definition) is 10. The number of ether oxygens (including phenoxy) is 3. The number of nitrogens with one attached hydrogen (secondary N) is 1. The lowest BCUT2D eigenvalue weighted by atomic mass is 9.96. The van der Waals surface area contributed by atoms with Crippen LogP contribution in [0.4, 0.5) is 5.82 Å². The predicted octanol–water partition coefficient (Wildman–Crippen LogP) is 6.63. The zero-order valence-corrected chi connectivity index (χ0v) is 30.8. The quantitative estimate of drug-likeness (QED) is 0.0885. The molecule has 0 aliphatic rings. The molecule has 0 saturated heterocycles. The highest BCUT2D eigenvalue weighted by Crippen LogP contribution is 2.40. The molecule has 0 amide bonds. The van der Waals surface area contributed by atoms with Crippen LogP contribution in [0.3, 0.4) is 0 Å². The number of benzene rings is 1. The Balaban J connectivity index is 1.56. The van der Waals surface area contributed by atoms with E-state index in [-0.39, 0.29) is 35.5 Å². The zero-order valence-electron chi connectivity index (χ0n) is 29.1. The molecule has 5 rings (SSSR count). The van der Waals surface area contributed by atoms with E-state index < -0.39 is 10.0 Å². The van der Waals surface area contributed by atoms with Crippen LogP contribution in [0.15, 0.2) is 49.9 Å². The van der Waals surface area contributed by atoms with Gasteiger partial charge in [0.2, 0.25) is 0 Å². The second-order valence-corrected chi connectivity index (χ2v) is 15.1. The Morgan fingerprint density at radius 2 is 1.76 bits per heavy atom. The molecule has 5 aromatic rings. The van der Waals surface area contributed by atoms with Gasteiger partial charge in [-0.15, -0.1) is 11.3 Å². The number of aromatic nitrogens is 3. The van der Waals surface area contributed by atoms with E-state index in [9.17, 15) is 13.2 Å². The second kappa shape index (κ2) is 15.8. The number of aromatic amines is 1. The van der Waals surface area contributed by atoms with E-state index in [1.807, 2.05) is 57.2 Å². The van der Waals surface area contributed by atoms with E-state index in [1.54, 1.807) is 21.0 Å². The first-order valence-electron chi connectivity index (χ1n) is 16.4. The monoisotopic (exact) mass is 708 g/mol. The van der Waals surface area contributed by atoms with E-state index >= 15 is 0 Å². The summed E-state index contributed by atoms with van der Waals surface area (Å²) in [6, 6.07) is 11.6. The van der Waals surface area contributed by atoms with Crippen LogP contribution in [0.2, 0.25) is 0 Å². The molecule has 13 heteroatoms. The average Bonchev–Trinajstić information content (AvgIpc) is 3.64. The largest absolute Gasteiger partial charge is 0.382 e. The molecule has 11 nitrogen and oxygen atoms in total. The Morgan fingerprint density at radius 3 is 2.43 bits per heavy atom. The first-order valence-corrected chi connectivity index (χ1v) is 18.6. The van der Waals surface area contributed by atoms with Crippen molar-refractivity contribution >= 4 is 38.1 Å². The number of aryl methyl sites for hydroxylation is 4. The summed E-state index contributed by atoms with van der Waals surface area (Å²) >= 11 is 1.18. The molecule has 49 heavy (non-hydrogen) atoms. The summed E-state index contributed by atoms with van der Waals surface area (Å²) in [5, 5.41) is 5.03. The van der Waals surface area contributed by atoms with E-state index in [1.165, 1.54) is 11.3 Å². The van der Waals surface area contributed by atoms with E-state index in [0.717, 1.165) is 61.0 Å². The van der Waals surface area contributed by atoms with Crippen LogP contribution in [0.5, 0.6) is 0 Å². The van der Waals surface area contributed by atoms with E-state index in [2.05, 4.69) is 17.1 Å². The van der Waals surface area contributed by atoms with Gasteiger partial charge in [-0.25, -0.2) is 12.7 Å². The minimum atomic E-state index is -4.17. The van der Waals surface area contributed by atoms with Crippen LogP contribution in [0.25, 0.3) is 22.0 Å². The molecular formula is C36H44N4O7S2. The number of methoxy groups -OCH3 is 1. The molecule has 262 valence electrons. The van der Waals surface area contributed by atoms with E-state index in [4.69, 9.17) is 23.7 Å². The summed E-state index contributed by atoms with van der Waals surface area (Å²) in [4.78, 5) is 21.9. The molecule has 0 aliphatic carbocycles. The van der Waals surface area contributed by atoms with Gasteiger partial charge in [-0.1, -0.05) is 37.2 Å². The minimum Gasteiger partial charge on any atom is -0.382 e. The van der Waals surface area contributed by atoms with Gasteiger partial charge in [-0.3, -0.25) is 9.78 Å². The van der Waals surface area contributed by atoms with Crippen molar-refractivity contribution in [3.05, 3.63) is 91.0 Å². The topological polar surface area (TPSA) is 137 Å². The van der Waals surface area contributed by atoms with Gasteiger partial charge < -0.3 is 23.7 Å². The van der Waals surface area contributed by atoms with Crippen LogP contribution in [0.1, 0.15) is 65.1 Å². The van der Waals surface area contributed by atoms with E-state index in [0.29, 0.717) is 42.1 Å².